The number of rotatable bonds is 2. The first kappa shape index (κ1) is 9.26. The number of aryl methyl sites for hydroxylation is 1. The van der Waals surface area contributed by atoms with E-state index >= 15 is 0 Å². The fourth-order valence-corrected chi connectivity index (χ4v) is 1.40. The summed E-state index contributed by atoms with van der Waals surface area (Å²) in [6, 6.07) is 0. The Morgan fingerprint density at radius 3 is 2.58 bits per heavy atom. The first-order chi connectivity index (χ1) is 5.69. The van der Waals surface area contributed by atoms with Crippen LogP contribution in [-0.4, -0.2) is 17.0 Å². The third kappa shape index (κ3) is 1.67. The largest absolute Gasteiger partial charge is 0.373 e. The predicted molar refractivity (Wildman–Crippen MR) is 50.7 cm³/mol. The van der Waals surface area contributed by atoms with Gasteiger partial charge in [0.15, 0.2) is 0 Å². The van der Waals surface area contributed by atoms with Crippen LogP contribution in [0.1, 0.15) is 18.2 Å². The summed E-state index contributed by atoms with van der Waals surface area (Å²) in [5, 5.41) is 3.29. The molecule has 12 heavy (non-hydrogen) atoms. The van der Waals surface area contributed by atoms with E-state index in [1.54, 1.807) is 0 Å². The number of nitrogens with one attached hydrogen (secondary N) is 1. The molecule has 3 nitrogen and oxygen atoms in total. The Balaban J connectivity index is 3.24. The number of anilines is 1. The molecule has 0 atom stereocenters. The Hall–Kier alpha value is -0.830. The van der Waals surface area contributed by atoms with Gasteiger partial charge in [0.05, 0.1) is 0 Å². The minimum Gasteiger partial charge on any atom is -0.373 e. The lowest BCUT2D eigenvalue weighted by Gasteiger charge is -2.08. The highest BCUT2D eigenvalue weighted by Crippen LogP contribution is 2.17. The van der Waals surface area contributed by atoms with Gasteiger partial charge < -0.3 is 5.32 Å². The molecule has 0 bridgehead atoms. The van der Waals surface area contributed by atoms with Gasteiger partial charge in [-0.05, 0) is 24.9 Å². The number of hydrogen-bond donors (Lipinski definition) is 1. The van der Waals surface area contributed by atoms with E-state index in [0.29, 0.717) is 5.28 Å². The number of hydrogen-bond acceptors (Lipinski definition) is 3. The molecule has 0 unspecified atom stereocenters. The quantitative estimate of drug-likeness (QED) is 0.717. The summed E-state index contributed by atoms with van der Waals surface area (Å²) in [6.07, 6.45) is 0.916. The topological polar surface area (TPSA) is 37.8 Å². The van der Waals surface area contributed by atoms with E-state index < -0.39 is 0 Å². The van der Waals surface area contributed by atoms with Gasteiger partial charge in [0.25, 0.3) is 0 Å². The normalized spacial score (nSPS) is 10.0. The van der Waals surface area contributed by atoms with Gasteiger partial charge in [-0.25, -0.2) is 9.97 Å². The van der Waals surface area contributed by atoms with Crippen LogP contribution in [0.15, 0.2) is 0 Å². The zero-order chi connectivity index (χ0) is 9.14. The summed E-state index contributed by atoms with van der Waals surface area (Å²) in [5.41, 5.74) is 2.07. The zero-order valence-corrected chi connectivity index (χ0v) is 8.24. The SMILES string of the molecule is CCc1c(C)nc(Cl)nc1NC. The number of aromatic nitrogens is 2. The Morgan fingerprint density at radius 2 is 2.08 bits per heavy atom. The van der Waals surface area contributed by atoms with Crippen LogP contribution in [0, 0.1) is 6.92 Å². The molecule has 1 N–H and O–H groups in total. The van der Waals surface area contributed by atoms with Crippen LogP contribution in [0.2, 0.25) is 5.28 Å². The van der Waals surface area contributed by atoms with Crippen molar-refractivity contribution in [2.24, 2.45) is 0 Å². The molecule has 0 aliphatic carbocycles. The fourth-order valence-electron chi connectivity index (χ4n) is 1.19. The maximum absolute atomic E-state index is 5.70. The standard InChI is InChI=1S/C8H12ClN3/c1-4-6-5(2)11-8(9)12-7(6)10-3/h4H2,1-3H3,(H,10,11,12). The number of nitrogens with zero attached hydrogens (tertiary/aromatic N) is 2. The van der Waals surface area contributed by atoms with Gasteiger partial charge in [-0.2, -0.15) is 0 Å². The van der Waals surface area contributed by atoms with Crippen molar-refractivity contribution in [3.05, 3.63) is 16.5 Å². The van der Waals surface area contributed by atoms with Crippen molar-refractivity contribution in [1.29, 1.82) is 0 Å². The van der Waals surface area contributed by atoms with Crippen LogP contribution in [0.5, 0.6) is 0 Å². The van der Waals surface area contributed by atoms with Crippen molar-refractivity contribution in [1.82, 2.24) is 9.97 Å². The van der Waals surface area contributed by atoms with Crippen LogP contribution >= 0.6 is 11.6 Å². The van der Waals surface area contributed by atoms with Gasteiger partial charge in [-0.15, -0.1) is 0 Å². The van der Waals surface area contributed by atoms with E-state index in [9.17, 15) is 0 Å². The molecule has 0 aromatic carbocycles. The highest BCUT2D eigenvalue weighted by atomic mass is 35.5. The summed E-state index contributed by atoms with van der Waals surface area (Å²) in [7, 11) is 1.83. The van der Waals surface area contributed by atoms with Crippen molar-refractivity contribution in [3.8, 4) is 0 Å². The minimum absolute atomic E-state index is 0.300. The van der Waals surface area contributed by atoms with Crippen LogP contribution in [0.25, 0.3) is 0 Å². The molecule has 66 valence electrons. The van der Waals surface area contributed by atoms with Gasteiger partial charge in [0.2, 0.25) is 5.28 Å². The Morgan fingerprint density at radius 1 is 1.42 bits per heavy atom. The van der Waals surface area contributed by atoms with E-state index in [0.717, 1.165) is 23.5 Å². The molecule has 0 spiro atoms. The molecule has 1 rings (SSSR count). The summed E-state index contributed by atoms with van der Waals surface area (Å²) in [5.74, 6) is 0.829. The molecule has 0 saturated carbocycles. The summed E-state index contributed by atoms with van der Waals surface area (Å²) >= 11 is 5.70. The van der Waals surface area contributed by atoms with Gasteiger partial charge in [-0.1, -0.05) is 6.92 Å². The second kappa shape index (κ2) is 3.72. The minimum atomic E-state index is 0.300. The molecule has 1 aromatic rings. The first-order valence-electron chi connectivity index (χ1n) is 3.89. The molecule has 1 heterocycles. The maximum Gasteiger partial charge on any atom is 0.224 e. The molecule has 0 saturated heterocycles. The highest BCUT2D eigenvalue weighted by molar-refractivity contribution is 6.28. The molecule has 0 radical (unpaired) electrons. The van der Waals surface area contributed by atoms with Gasteiger partial charge in [-0.3, -0.25) is 0 Å². The second-order valence-corrected chi connectivity index (χ2v) is 2.85. The molecule has 1 aromatic heterocycles. The molecule has 0 fully saturated rings. The Labute approximate surface area is 77.2 Å². The molecule has 0 aliphatic heterocycles. The summed E-state index contributed by atoms with van der Waals surface area (Å²) < 4.78 is 0. The van der Waals surface area contributed by atoms with E-state index in [1.807, 2.05) is 14.0 Å². The summed E-state index contributed by atoms with van der Waals surface area (Å²) in [6.45, 7) is 4.01. The van der Waals surface area contributed by atoms with Gasteiger partial charge in [0.1, 0.15) is 5.82 Å². The third-order valence-electron chi connectivity index (χ3n) is 1.78. The van der Waals surface area contributed by atoms with Crippen molar-refractivity contribution in [2.45, 2.75) is 20.3 Å². The maximum atomic E-state index is 5.70. The lowest BCUT2D eigenvalue weighted by Crippen LogP contribution is -2.02. The Kier molecular flexibility index (Phi) is 2.87. The smallest absolute Gasteiger partial charge is 0.224 e. The third-order valence-corrected chi connectivity index (χ3v) is 1.95. The molecular formula is C8H12ClN3. The van der Waals surface area contributed by atoms with E-state index in [1.165, 1.54) is 0 Å². The van der Waals surface area contributed by atoms with Gasteiger partial charge in [0, 0.05) is 18.3 Å². The van der Waals surface area contributed by atoms with E-state index in [4.69, 9.17) is 11.6 Å². The average molecular weight is 186 g/mol. The van der Waals surface area contributed by atoms with Crippen LogP contribution in [0.3, 0.4) is 0 Å². The highest BCUT2D eigenvalue weighted by Gasteiger charge is 2.06. The van der Waals surface area contributed by atoms with Crippen molar-refractivity contribution in [3.63, 3.8) is 0 Å². The van der Waals surface area contributed by atoms with Crippen LogP contribution in [-0.2, 0) is 6.42 Å². The van der Waals surface area contributed by atoms with Crippen molar-refractivity contribution < 1.29 is 0 Å². The Bertz CT molecular complexity index is 286. The predicted octanol–water partition coefficient (Wildman–Crippen LogP) is 2.04. The van der Waals surface area contributed by atoms with Crippen molar-refractivity contribution in [2.75, 3.05) is 12.4 Å². The van der Waals surface area contributed by atoms with Gasteiger partial charge >= 0.3 is 0 Å². The lowest BCUT2D eigenvalue weighted by molar-refractivity contribution is 0.997. The first-order valence-corrected chi connectivity index (χ1v) is 4.27. The monoisotopic (exact) mass is 185 g/mol. The molecule has 4 heteroatoms. The molecule has 0 aliphatic rings. The zero-order valence-electron chi connectivity index (χ0n) is 7.48. The molecule has 0 amide bonds. The average Bonchev–Trinajstić information content (AvgIpc) is 2.03. The lowest BCUT2D eigenvalue weighted by atomic mass is 10.2. The second-order valence-electron chi connectivity index (χ2n) is 2.51. The van der Waals surface area contributed by atoms with E-state index in [2.05, 4.69) is 22.2 Å². The van der Waals surface area contributed by atoms with Crippen molar-refractivity contribution >= 4 is 17.4 Å². The number of halogens is 1. The van der Waals surface area contributed by atoms with Crippen LogP contribution in [0.4, 0.5) is 5.82 Å². The fraction of sp³-hybridized carbons (Fsp3) is 0.500. The summed E-state index contributed by atoms with van der Waals surface area (Å²) in [4.78, 5) is 8.13. The van der Waals surface area contributed by atoms with Crippen LogP contribution < -0.4 is 5.32 Å². The molecular weight excluding hydrogens is 174 g/mol. The van der Waals surface area contributed by atoms with E-state index in [-0.39, 0.29) is 0 Å².